The van der Waals surface area contributed by atoms with Gasteiger partial charge in [-0.1, -0.05) is 58.4 Å². The van der Waals surface area contributed by atoms with Crippen LogP contribution in [-0.4, -0.2) is 4.98 Å². The normalized spacial score (nSPS) is 10.4. The van der Waals surface area contributed by atoms with Crippen molar-refractivity contribution in [1.82, 2.24) is 4.98 Å². The standard InChI is InChI=1S/C17H12BrN/c18-17-9-8-14(15-7-4-10-19-12-15)11-16(17)13-5-2-1-3-6-13/h1-12H. The first-order chi connectivity index (χ1) is 9.34. The van der Waals surface area contributed by atoms with Crippen LogP contribution in [0.2, 0.25) is 0 Å². The number of benzene rings is 2. The van der Waals surface area contributed by atoms with Gasteiger partial charge in [0.25, 0.3) is 0 Å². The topological polar surface area (TPSA) is 12.9 Å². The summed E-state index contributed by atoms with van der Waals surface area (Å²) in [5.41, 5.74) is 4.71. The number of hydrogen-bond donors (Lipinski definition) is 0. The Morgan fingerprint density at radius 3 is 2.26 bits per heavy atom. The highest BCUT2D eigenvalue weighted by Crippen LogP contribution is 2.32. The lowest BCUT2D eigenvalue weighted by Gasteiger charge is -2.08. The predicted molar refractivity (Wildman–Crippen MR) is 82.8 cm³/mol. The number of nitrogens with zero attached hydrogens (tertiary/aromatic N) is 1. The Morgan fingerprint density at radius 1 is 0.737 bits per heavy atom. The van der Waals surface area contributed by atoms with Crippen LogP contribution in [-0.2, 0) is 0 Å². The van der Waals surface area contributed by atoms with Crippen LogP contribution in [0.5, 0.6) is 0 Å². The van der Waals surface area contributed by atoms with Gasteiger partial charge in [-0.05, 0) is 34.9 Å². The smallest absolute Gasteiger partial charge is 0.0346 e. The van der Waals surface area contributed by atoms with Crippen LogP contribution in [0.3, 0.4) is 0 Å². The highest BCUT2D eigenvalue weighted by Gasteiger charge is 2.05. The molecular weight excluding hydrogens is 298 g/mol. The van der Waals surface area contributed by atoms with E-state index >= 15 is 0 Å². The number of halogens is 1. The van der Waals surface area contributed by atoms with Crippen molar-refractivity contribution in [2.24, 2.45) is 0 Å². The van der Waals surface area contributed by atoms with Crippen molar-refractivity contribution in [2.75, 3.05) is 0 Å². The molecule has 0 saturated heterocycles. The second-order valence-corrected chi connectivity index (χ2v) is 5.16. The highest BCUT2D eigenvalue weighted by atomic mass is 79.9. The molecule has 0 bridgehead atoms. The molecule has 0 spiro atoms. The molecule has 1 heterocycles. The summed E-state index contributed by atoms with van der Waals surface area (Å²) < 4.78 is 1.10. The molecule has 0 N–H and O–H groups in total. The lowest BCUT2D eigenvalue weighted by Crippen LogP contribution is -1.84. The van der Waals surface area contributed by atoms with E-state index in [9.17, 15) is 0 Å². The van der Waals surface area contributed by atoms with Crippen molar-refractivity contribution in [3.8, 4) is 22.3 Å². The van der Waals surface area contributed by atoms with Crippen LogP contribution in [0, 0.1) is 0 Å². The molecule has 2 aromatic carbocycles. The molecule has 0 atom stereocenters. The van der Waals surface area contributed by atoms with Crippen molar-refractivity contribution < 1.29 is 0 Å². The molecule has 0 aliphatic carbocycles. The quantitative estimate of drug-likeness (QED) is 0.635. The van der Waals surface area contributed by atoms with Gasteiger partial charge in [-0.3, -0.25) is 4.98 Å². The Morgan fingerprint density at radius 2 is 1.53 bits per heavy atom. The Labute approximate surface area is 121 Å². The van der Waals surface area contributed by atoms with E-state index in [4.69, 9.17) is 0 Å². The number of pyridine rings is 1. The summed E-state index contributed by atoms with van der Waals surface area (Å²) >= 11 is 3.62. The maximum atomic E-state index is 4.17. The van der Waals surface area contributed by atoms with E-state index in [1.807, 2.05) is 18.3 Å². The molecule has 1 aromatic heterocycles. The van der Waals surface area contributed by atoms with Crippen LogP contribution < -0.4 is 0 Å². The SMILES string of the molecule is Brc1ccc(-c2cccnc2)cc1-c1ccccc1. The van der Waals surface area contributed by atoms with Crippen molar-refractivity contribution in [1.29, 1.82) is 0 Å². The summed E-state index contributed by atoms with van der Waals surface area (Å²) in [6, 6.07) is 20.8. The van der Waals surface area contributed by atoms with Gasteiger partial charge in [-0.15, -0.1) is 0 Å². The monoisotopic (exact) mass is 309 g/mol. The van der Waals surface area contributed by atoms with E-state index in [0.717, 1.165) is 10.0 Å². The lowest BCUT2D eigenvalue weighted by molar-refractivity contribution is 1.33. The van der Waals surface area contributed by atoms with Crippen LogP contribution in [0.15, 0.2) is 77.5 Å². The average molecular weight is 310 g/mol. The molecule has 0 unspecified atom stereocenters. The Hall–Kier alpha value is -1.93. The predicted octanol–water partition coefficient (Wildman–Crippen LogP) is 5.18. The van der Waals surface area contributed by atoms with E-state index in [-0.39, 0.29) is 0 Å². The van der Waals surface area contributed by atoms with E-state index in [2.05, 4.69) is 69.4 Å². The molecule has 2 heteroatoms. The minimum Gasteiger partial charge on any atom is -0.264 e. The van der Waals surface area contributed by atoms with Gasteiger partial charge in [0, 0.05) is 22.4 Å². The molecule has 0 saturated carbocycles. The zero-order chi connectivity index (χ0) is 13.1. The first-order valence-corrected chi connectivity index (χ1v) is 6.89. The van der Waals surface area contributed by atoms with E-state index < -0.39 is 0 Å². The molecule has 92 valence electrons. The van der Waals surface area contributed by atoms with Gasteiger partial charge < -0.3 is 0 Å². The molecule has 0 aliphatic rings. The summed E-state index contributed by atoms with van der Waals surface area (Å²) in [5, 5.41) is 0. The van der Waals surface area contributed by atoms with Gasteiger partial charge in [0.15, 0.2) is 0 Å². The summed E-state index contributed by atoms with van der Waals surface area (Å²) in [6.45, 7) is 0. The maximum Gasteiger partial charge on any atom is 0.0346 e. The van der Waals surface area contributed by atoms with Crippen molar-refractivity contribution in [2.45, 2.75) is 0 Å². The molecule has 0 amide bonds. The Kier molecular flexibility index (Phi) is 3.43. The second kappa shape index (κ2) is 5.37. The average Bonchev–Trinajstić information content (AvgIpc) is 2.49. The maximum absolute atomic E-state index is 4.17. The Balaban J connectivity index is 2.12. The van der Waals surface area contributed by atoms with Gasteiger partial charge in [0.1, 0.15) is 0 Å². The minimum absolute atomic E-state index is 1.10. The fourth-order valence-electron chi connectivity index (χ4n) is 2.08. The summed E-state index contributed by atoms with van der Waals surface area (Å²) in [4.78, 5) is 4.17. The zero-order valence-electron chi connectivity index (χ0n) is 10.3. The van der Waals surface area contributed by atoms with Crippen LogP contribution in [0.25, 0.3) is 22.3 Å². The van der Waals surface area contributed by atoms with Gasteiger partial charge in [-0.2, -0.15) is 0 Å². The van der Waals surface area contributed by atoms with Crippen LogP contribution in [0.4, 0.5) is 0 Å². The largest absolute Gasteiger partial charge is 0.264 e. The minimum atomic E-state index is 1.10. The van der Waals surface area contributed by atoms with Gasteiger partial charge >= 0.3 is 0 Å². The van der Waals surface area contributed by atoms with Crippen LogP contribution in [0.1, 0.15) is 0 Å². The number of hydrogen-bond acceptors (Lipinski definition) is 1. The number of rotatable bonds is 2. The summed E-state index contributed by atoms with van der Waals surface area (Å²) in [5.74, 6) is 0. The molecule has 3 aromatic rings. The van der Waals surface area contributed by atoms with Gasteiger partial charge in [0.05, 0.1) is 0 Å². The fourth-order valence-corrected chi connectivity index (χ4v) is 2.55. The van der Waals surface area contributed by atoms with E-state index in [1.54, 1.807) is 6.20 Å². The Bertz CT molecular complexity index is 678. The number of aromatic nitrogens is 1. The molecule has 0 fully saturated rings. The van der Waals surface area contributed by atoms with Crippen molar-refractivity contribution >= 4 is 15.9 Å². The van der Waals surface area contributed by atoms with Crippen LogP contribution >= 0.6 is 15.9 Å². The fraction of sp³-hybridized carbons (Fsp3) is 0. The zero-order valence-corrected chi connectivity index (χ0v) is 11.8. The second-order valence-electron chi connectivity index (χ2n) is 4.30. The molecule has 19 heavy (non-hydrogen) atoms. The third-order valence-electron chi connectivity index (χ3n) is 3.05. The molecule has 1 nitrogen and oxygen atoms in total. The third kappa shape index (κ3) is 2.59. The molecule has 3 rings (SSSR count). The third-order valence-corrected chi connectivity index (χ3v) is 3.74. The first-order valence-electron chi connectivity index (χ1n) is 6.10. The summed E-state index contributed by atoms with van der Waals surface area (Å²) in [7, 11) is 0. The lowest BCUT2D eigenvalue weighted by atomic mass is 10.0. The highest BCUT2D eigenvalue weighted by molar-refractivity contribution is 9.10. The van der Waals surface area contributed by atoms with Gasteiger partial charge in [-0.25, -0.2) is 0 Å². The summed E-state index contributed by atoms with van der Waals surface area (Å²) in [6.07, 6.45) is 3.68. The van der Waals surface area contributed by atoms with E-state index in [1.165, 1.54) is 16.7 Å². The first kappa shape index (κ1) is 12.1. The molecule has 0 aliphatic heterocycles. The molecular formula is C17H12BrN. The van der Waals surface area contributed by atoms with E-state index in [0.29, 0.717) is 0 Å². The van der Waals surface area contributed by atoms with Crippen molar-refractivity contribution in [3.05, 3.63) is 77.5 Å². The van der Waals surface area contributed by atoms with Crippen molar-refractivity contribution in [3.63, 3.8) is 0 Å². The molecule has 0 radical (unpaired) electrons. The van der Waals surface area contributed by atoms with Gasteiger partial charge in [0.2, 0.25) is 0 Å².